The molecule has 0 heterocycles. The van der Waals surface area contributed by atoms with E-state index in [4.69, 9.17) is 11.6 Å². The number of benzene rings is 1. The second-order valence-electron chi connectivity index (χ2n) is 2.75. The standard InChI is InChI=1S/C11H9ClO3/c1-15-11(14)9-5-2-8(3-6-9)4-7-10(12)13/h2-7H,1H3. The van der Waals surface area contributed by atoms with Crippen molar-refractivity contribution in [3.05, 3.63) is 41.5 Å². The van der Waals surface area contributed by atoms with Crippen molar-refractivity contribution < 1.29 is 14.3 Å². The minimum absolute atomic E-state index is 0.390. The molecule has 0 saturated heterocycles. The Labute approximate surface area is 92.3 Å². The smallest absolute Gasteiger partial charge is 0.337 e. The zero-order valence-electron chi connectivity index (χ0n) is 8.07. The topological polar surface area (TPSA) is 43.4 Å². The highest BCUT2D eigenvalue weighted by atomic mass is 35.5. The number of carbonyl (C=O) groups excluding carboxylic acids is 2. The van der Waals surface area contributed by atoms with Crippen molar-refractivity contribution in [1.82, 2.24) is 0 Å². The van der Waals surface area contributed by atoms with Gasteiger partial charge in [-0.1, -0.05) is 18.2 Å². The molecular weight excluding hydrogens is 216 g/mol. The first-order valence-corrected chi connectivity index (χ1v) is 4.57. The van der Waals surface area contributed by atoms with Crippen molar-refractivity contribution in [2.75, 3.05) is 7.11 Å². The monoisotopic (exact) mass is 224 g/mol. The van der Waals surface area contributed by atoms with Gasteiger partial charge < -0.3 is 4.74 Å². The first-order valence-electron chi connectivity index (χ1n) is 4.19. The molecule has 0 radical (unpaired) electrons. The maximum Gasteiger partial charge on any atom is 0.337 e. The summed E-state index contributed by atoms with van der Waals surface area (Å²) in [6.45, 7) is 0. The van der Waals surface area contributed by atoms with Crippen LogP contribution in [0, 0.1) is 0 Å². The van der Waals surface area contributed by atoms with Gasteiger partial charge >= 0.3 is 5.97 Å². The summed E-state index contributed by atoms with van der Waals surface area (Å²) in [6, 6.07) is 6.62. The predicted molar refractivity (Wildman–Crippen MR) is 57.7 cm³/mol. The molecule has 0 bridgehead atoms. The van der Waals surface area contributed by atoms with Crippen molar-refractivity contribution in [2.24, 2.45) is 0 Å². The molecule has 0 aliphatic heterocycles. The van der Waals surface area contributed by atoms with Gasteiger partial charge in [0.15, 0.2) is 0 Å². The van der Waals surface area contributed by atoms with Crippen LogP contribution in [-0.4, -0.2) is 18.3 Å². The van der Waals surface area contributed by atoms with Crippen LogP contribution in [0.5, 0.6) is 0 Å². The van der Waals surface area contributed by atoms with Crippen molar-refractivity contribution in [1.29, 1.82) is 0 Å². The molecule has 4 heteroatoms. The van der Waals surface area contributed by atoms with E-state index in [1.54, 1.807) is 30.3 Å². The van der Waals surface area contributed by atoms with Crippen LogP contribution < -0.4 is 0 Å². The average Bonchev–Trinajstić information content (AvgIpc) is 2.26. The van der Waals surface area contributed by atoms with Crippen LogP contribution >= 0.6 is 11.6 Å². The Hall–Kier alpha value is -1.61. The molecule has 1 aromatic carbocycles. The van der Waals surface area contributed by atoms with E-state index in [0.29, 0.717) is 5.56 Å². The fraction of sp³-hybridized carbons (Fsp3) is 0.0909. The van der Waals surface area contributed by atoms with Crippen LogP contribution in [-0.2, 0) is 9.53 Å². The summed E-state index contributed by atoms with van der Waals surface area (Å²) >= 11 is 5.13. The van der Waals surface area contributed by atoms with Gasteiger partial charge in [-0.2, -0.15) is 0 Å². The van der Waals surface area contributed by atoms with Crippen LogP contribution in [0.2, 0.25) is 0 Å². The molecule has 0 aliphatic carbocycles. The lowest BCUT2D eigenvalue weighted by atomic mass is 10.1. The first kappa shape index (κ1) is 11.5. The van der Waals surface area contributed by atoms with E-state index in [0.717, 1.165) is 5.56 Å². The Kier molecular flexibility index (Phi) is 4.06. The molecule has 1 aromatic rings. The van der Waals surface area contributed by atoms with Crippen molar-refractivity contribution in [3.8, 4) is 0 Å². The number of allylic oxidation sites excluding steroid dienone is 1. The molecule has 0 aromatic heterocycles. The molecule has 1 rings (SSSR count). The lowest BCUT2D eigenvalue weighted by molar-refractivity contribution is -0.107. The molecule has 3 nitrogen and oxygen atoms in total. The van der Waals surface area contributed by atoms with E-state index in [1.165, 1.54) is 13.2 Å². The maximum atomic E-state index is 11.1. The third-order valence-corrected chi connectivity index (χ3v) is 1.86. The van der Waals surface area contributed by atoms with Crippen molar-refractivity contribution >= 4 is 28.9 Å². The van der Waals surface area contributed by atoms with Crippen molar-refractivity contribution in [3.63, 3.8) is 0 Å². The van der Waals surface area contributed by atoms with E-state index in [-0.39, 0.29) is 5.97 Å². The summed E-state index contributed by atoms with van der Waals surface area (Å²) in [5, 5.41) is -0.535. The van der Waals surface area contributed by atoms with Crippen LogP contribution in [0.4, 0.5) is 0 Å². The van der Waals surface area contributed by atoms with Crippen LogP contribution in [0.3, 0.4) is 0 Å². The largest absolute Gasteiger partial charge is 0.465 e. The molecule has 0 saturated carbocycles. The molecule has 0 fully saturated rings. The van der Waals surface area contributed by atoms with Gasteiger partial charge in [0.1, 0.15) is 0 Å². The fourth-order valence-corrected chi connectivity index (χ4v) is 1.07. The van der Waals surface area contributed by atoms with E-state index in [9.17, 15) is 9.59 Å². The third kappa shape index (κ3) is 3.56. The van der Waals surface area contributed by atoms with Gasteiger partial charge in [-0.25, -0.2) is 4.79 Å². The number of rotatable bonds is 3. The summed E-state index contributed by atoms with van der Waals surface area (Å²) in [5.41, 5.74) is 1.25. The zero-order valence-corrected chi connectivity index (χ0v) is 8.82. The van der Waals surface area contributed by atoms with Gasteiger partial charge in [0, 0.05) is 0 Å². The average molecular weight is 225 g/mol. The fourth-order valence-electron chi connectivity index (χ4n) is 1.01. The Bertz CT molecular complexity index is 393. The highest BCUT2D eigenvalue weighted by molar-refractivity contribution is 6.66. The highest BCUT2D eigenvalue weighted by Crippen LogP contribution is 2.07. The molecule has 0 unspecified atom stereocenters. The SMILES string of the molecule is COC(=O)c1ccc(C=CC(=O)Cl)cc1. The van der Waals surface area contributed by atoms with Crippen LogP contribution in [0.15, 0.2) is 30.3 Å². The number of methoxy groups -OCH3 is 1. The van der Waals surface area contributed by atoms with Gasteiger partial charge in [-0.05, 0) is 35.4 Å². The Balaban J connectivity index is 2.81. The number of hydrogen-bond donors (Lipinski definition) is 0. The van der Waals surface area contributed by atoms with Gasteiger partial charge in [-0.15, -0.1) is 0 Å². The molecule has 0 atom stereocenters. The summed E-state index contributed by atoms with van der Waals surface area (Å²) in [6.07, 6.45) is 2.81. The minimum Gasteiger partial charge on any atom is -0.465 e. The minimum atomic E-state index is -0.535. The molecule has 78 valence electrons. The number of hydrogen-bond acceptors (Lipinski definition) is 3. The van der Waals surface area contributed by atoms with Gasteiger partial charge in [0.2, 0.25) is 5.24 Å². The summed E-state index contributed by atoms with van der Waals surface area (Å²) < 4.78 is 4.54. The predicted octanol–water partition coefficient (Wildman–Crippen LogP) is 2.25. The third-order valence-electron chi connectivity index (χ3n) is 1.74. The van der Waals surface area contributed by atoms with E-state index in [2.05, 4.69) is 4.74 Å². The molecule has 0 spiro atoms. The molecular formula is C11H9ClO3. The first-order chi connectivity index (χ1) is 7.13. The van der Waals surface area contributed by atoms with E-state index < -0.39 is 5.24 Å². The number of carbonyl (C=O) groups is 2. The van der Waals surface area contributed by atoms with E-state index >= 15 is 0 Å². The van der Waals surface area contributed by atoms with Crippen LogP contribution in [0.25, 0.3) is 6.08 Å². The van der Waals surface area contributed by atoms with Gasteiger partial charge in [-0.3, -0.25) is 4.79 Å². The normalized spacial score (nSPS) is 10.3. The van der Waals surface area contributed by atoms with Gasteiger partial charge in [0.25, 0.3) is 0 Å². The Morgan fingerprint density at radius 1 is 1.27 bits per heavy atom. The number of esters is 1. The molecule has 0 aliphatic rings. The van der Waals surface area contributed by atoms with Crippen molar-refractivity contribution in [2.45, 2.75) is 0 Å². The lowest BCUT2D eigenvalue weighted by Gasteiger charge is -1.98. The van der Waals surface area contributed by atoms with Crippen LogP contribution in [0.1, 0.15) is 15.9 Å². The lowest BCUT2D eigenvalue weighted by Crippen LogP contribution is -2.00. The van der Waals surface area contributed by atoms with Gasteiger partial charge in [0.05, 0.1) is 12.7 Å². The Morgan fingerprint density at radius 3 is 2.33 bits per heavy atom. The molecule has 0 N–H and O–H groups in total. The highest BCUT2D eigenvalue weighted by Gasteiger charge is 2.02. The summed E-state index contributed by atoms with van der Waals surface area (Å²) in [7, 11) is 1.32. The van der Waals surface area contributed by atoms with E-state index in [1.807, 2.05) is 0 Å². The summed E-state index contributed by atoms with van der Waals surface area (Å²) in [4.78, 5) is 21.5. The second kappa shape index (κ2) is 5.32. The molecule has 0 amide bonds. The number of halogens is 1. The Morgan fingerprint density at radius 2 is 1.87 bits per heavy atom. The second-order valence-corrected chi connectivity index (χ2v) is 3.12. The molecule has 15 heavy (non-hydrogen) atoms. The zero-order chi connectivity index (χ0) is 11.3. The number of ether oxygens (including phenoxy) is 1. The summed E-state index contributed by atoms with van der Waals surface area (Å²) in [5.74, 6) is -0.390. The maximum absolute atomic E-state index is 11.1. The quantitative estimate of drug-likeness (QED) is 0.449.